The normalized spacial score (nSPS) is 13.1. The van der Waals surface area contributed by atoms with Crippen molar-refractivity contribution in [3.8, 4) is 45.9 Å². The van der Waals surface area contributed by atoms with Gasteiger partial charge in [0.1, 0.15) is 35.3 Å². The van der Waals surface area contributed by atoms with Crippen LogP contribution in [-0.4, -0.2) is 38.9 Å². The molecule has 1 saturated carbocycles. The Hall–Kier alpha value is -4.05. The summed E-state index contributed by atoms with van der Waals surface area (Å²) in [4.78, 5) is 14.1. The smallest absolute Gasteiger partial charge is 0.347 e. The van der Waals surface area contributed by atoms with Crippen LogP contribution in [0.4, 0.5) is 14.5 Å². The lowest BCUT2D eigenvalue weighted by Gasteiger charge is -2.22. The molecule has 0 bridgehead atoms. The molecule has 0 N–H and O–H groups in total. The van der Waals surface area contributed by atoms with Crippen LogP contribution in [0.3, 0.4) is 0 Å². The monoisotopic (exact) mass is 598 g/mol. The van der Waals surface area contributed by atoms with Gasteiger partial charge in [0.05, 0.1) is 39.6 Å². The number of hydrogen-bond donors (Lipinski definition) is 0. The summed E-state index contributed by atoms with van der Waals surface area (Å²) >= 11 is 13.3. The Morgan fingerprint density at radius 1 is 1.12 bits per heavy atom. The van der Waals surface area contributed by atoms with E-state index in [-0.39, 0.29) is 62.1 Å². The van der Waals surface area contributed by atoms with Crippen molar-refractivity contribution in [3.63, 3.8) is 0 Å². The summed E-state index contributed by atoms with van der Waals surface area (Å²) in [5.41, 5.74) is 0.102. The number of ether oxygens (including phenoxy) is 3. The number of rotatable bonds is 9. The molecule has 0 aliphatic heterocycles. The zero-order valence-electron chi connectivity index (χ0n) is 22.6. The highest BCUT2D eigenvalue weighted by Crippen LogP contribution is 2.48. The summed E-state index contributed by atoms with van der Waals surface area (Å²) in [6.07, 6.45) is 0.227. The number of carbonyl (C=O) groups is 1. The van der Waals surface area contributed by atoms with E-state index in [1.54, 1.807) is 25.9 Å². The Kier molecular flexibility index (Phi) is 8.92. The van der Waals surface area contributed by atoms with Crippen LogP contribution >= 0.6 is 23.2 Å². The minimum Gasteiger partial charge on any atom is -0.489 e. The predicted octanol–water partition coefficient (Wildman–Crippen LogP) is 7.09. The molecule has 211 valence electrons. The van der Waals surface area contributed by atoms with Gasteiger partial charge in [-0.1, -0.05) is 23.2 Å². The van der Waals surface area contributed by atoms with Crippen molar-refractivity contribution in [2.45, 2.75) is 38.9 Å². The van der Waals surface area contributed by atoms with Crippen LogP contribution in [0.1, 0.15) is 37.8 Å². The maximum atomic E-state index is 15.9. The molecule has 0 aromatic heterocycles. The van der Waals surface area contributed by atoms with Gasteiger partial charge in [-0.15, -0.1) is 0 Å². The van der Waals surface area contributed by atoms with E-state index < -0.39 is 29.3 Å². The minimum atomic E-state index is -1.21. The van der Waals surface area contributed by atoms with Gasteiger partial charge in [-0.05, 0) is 51.0 Å². The molecule has 0 amide bonds. The van der Waals surface area contributed by atoms with E-state index in [4.69, 9.17) is 37.4 Å². The molecule has 1 fully saturated rings. The molecule has 1 aliphatic carbocycles. The van der Waals surface area contributed by atoms with E-state index in [2.05, 4.69) is 12.1 Å². The minimum absolute atomic E-state index is 0.0525. The molecule has 0 saturated heterocycles. The molecule has 0 spiro atoms. The van der Waals surface area contributed by atoms with E-state index in [1.807, 2.05) is 6.07 Å². The summed E-state index contributed by atoms with van der Waals surface area (Å²) in [6, 6.07) is 11.6. The lowest BCUT2D eigenvalue weighted by atomic mass is 9.95. The fourth-order valence-corrected chi connectivity index (χ4v) is 4.66. The zero-order valence-corrected chi connectivity index (χ0v) is 24.1. The number of benzene rings is 3. The number of hydrogen-bond acceptors (Lipinski definition) is 7. The van der Waals surface area contributed by atoms with Crippen molar-refractivity contribution >= 4 is 34.9 Å². The lowest BCUT2D eigenvalue weighted by Crippen LogP contribution is -2.26. The molecule has 3 aromatic carbocycles. The fourth-order valence-electron chi connectivity index (χ4n) is 4.08. The third-order valence-corrected chi connectivity index (χ3v) is 6.92. The molecule has 1 atom stereocenters. The first-order valence-electron chi connectivity index (χ1n) is 12.6. The molecule has 1 unspecified atom stereocenters. The Labute approximate surface area is 246 Å². The second-order valence-electron chi connectivity index (χ2n) is 9.46. The second kappa shape index (κ2) is 12.2. The third-order valence-electron chi connectivity index (χ3n) is 6.25. The molecule has 1 radical (unpaired) electrons. The maximum absolute atomic E-state index is 15.9. The van der Waals surface area contributed by atoms with Crippen LogP contribution < -0.4 is 14.4 Å². The number of nitriles is 2. The van der Waals surface area contributed by atoms with E-state index >= 15 is 8.78 Å². The maximum Gasteiger partial charge on any atom is 0.347 e. The van der Waals surface area contributed by atoms with Gasteiger partial charge in [0.15, 0.2) is 6.10 Å². The number of halogens is 4. The quantitative estimate of drug-likeness (QED) is 0.243. The lowest BCUT2D eigenvalue weighted by molar-refractivity contribution is -0.150. The number of esters is 1. The topological polar surface area (TPSA) is 95.6 Å². The van der Waals surface area contributed by atoms with Crippen LogP contribution in [0.2, 0.25) is 10.0 Å². The van der Waals surface area contributed by atoms with Crippen LogP contribution in [0.25, 0.3) is 22.3 Å². The average molecular weight is 599 g/mol. The standard InChI is InChI=1S/C30H24Cl2F2N3O4/c1-5-39-30(38)15(2)40-29-20(19-11-25(37(3)4)16(13-35)8-22(19)31)10-24(34)27(28(29)32)21-12-26(41-18-6-7-18)17(14-36)9-23(21)33/h8-9,11-12,15,18H,5-7H2,1-4H3. The SMILES string of the molecule is CCOC(=O)C(C)Oc1c(-c2cc(N(C)C)c(C#N)cc2Cl)[c]c(F)c(-c2cc(OC3CC3)c(C#N)cc2F)c1Cl. The van der Waals surface area contributed by atoms with Crippen LogP contribution in [0.15, 0.2) is 24.3 Å². The van der Waals surface area contributed by atoms with Crippen molar-refractivity contribution in [1.82, 2.24) is 0 Å². The molecule has 3 aromatic rings. The van der Waals surface area contributed by atoms with Gasteiger partial charge in [0.25, 0.3) is 0 Å². The first-order valence-corrected chi connectivity index (χ1v) is 13.4. The molecule has 1 aliphatic rings. The highest BCUT2D eigenvalue weighted by atomic mass is 35.5. The first-order chi connectivity index (χ1) is 19.5. The summed E-state index contributed by atoms with van der Waals surface area (Å²) in [5, 5.41) is 18.7. The first kappa shape index (κ1) is 29.9. The zero-order chi connectivity index (χ0) is 30.0. The van der Waals surface area contributed by atoms with Gasteiger partial charge in [0, 0.05) is 42.4 Å². The van der Waals surface area contributed by atoms with Gasteiger partial charge in [-0.25, -0.2) is 13.6 Å². The molecule has 7 nitrogen and oxygen atoms in total. The van der Waals surface area contributed by atoms with E-state index in [9.17, 15) is 15.3 Å². The molecule has 41 heavy (non-hydrogen) atoms. The third kappa shape index (κ3) is 6.17. The van der Waals surface area contributed by atoms with E-state index in [1.165, 1.54) is 25.1 Å². The van der Waals surface area contributed by atoms with Crippen LogP contribution in [0.5, 0.6) is 11.5 Å². The van der Waals surface area contributed by atoms with Crippen LogP contribution in [0, 0.1) is 40.4 Å². The van der Waals surface area contributed by atoms with E-state index in [0.29, 0.717) is 5.69 Å². The Bertz CT molecular complexity index is 1610. The summed E-state index contributed by atoms with van der Waals surface area (Å²) in [7, 11) is 3.42. The van der Waals surface area contributed by atoms with Gasteiger partial charge in [-0.2, -0.15) is 10.5 Å². The predicted molar refractivity (Wildman–Crippen MR) is 150 cm³/mol. The fraction of sp³-hybridized carbons (Fsp3) is 0.300. The van der Waals surface area contributed by atoms with Crippen molar-refractivity contribution in [2.24, 2.45) is 0 Å². The molecule has 0 heterocycles. The average Bonchev–Trinajstić information content (AvgIpc) is 3.75. The van der Waals surface area contributed by atoms with Crippen molar-refractivity contribution < 1.29 is 27.8 Å². The highest BCUT2D eigenvalue weighted by Gasteiger charge is 2.30. The van der Waals surface area contributed by atoms with Crippen LogP contribution in [-0.2, 0) is 9.53 Å². The second-order valence-corrected chi connectivity index (χ2v) is 10.2. The summed E-state index contributed by atoms with van der Waals surface area (Å²) < 4.78 is 48.0. The van der Waals surface area contributed by atoms with Crippen molar-refractivity contribution in [1.29, 1.82) is 10.5 Å². The number of carbonyl (C=O) groups excluding carboxylic acids is 1. The van der Waals surface area contributed by atoms with Gasteiger partial charge < -0.3 is 19.1 Å². The Balaban J connectivity index is 1.98. The summed E-state index contributed by atoms with van der Waals surface area (Å²) in [6.45, 7) is 3.12. The van der Waals surface area contributed by atoms with Gasteiger partial charge >= 0.3 is 5.97 Å². The van der Waals surface area contributed by atoms with Crippen molar-refractivity contribution in [3.05, 3.63) is 63.1 Å². The van der Waals surface area contributed by atoms with E-state index in [0.717, 1.165) is 18.9 Å². The Morgan fingerprint density at radius 3 is 2.39 bits per heavy atom. The molecular weight excluding hydrogens is 575 g/mol. The van der Waals surface area contributed by atoms with Gasteiger partial charge in [-0.3, -0.25) is 0 Å². The Morgan fingerprint density at radius 2 is 1.80 bits per heavy atom. The van der Waals surface area contributed by atoms with Gasteiger partial charge in [0.2, 0.25) is 0 Å². The highest BCUT2D eigenvalue weighted by molar-refractivity contribution is 6.36. The number of nitrogens with zero attached hydrogens (tertiary/aromatic N) is 3. The number of anilines is 1. The largest absolute Gasteiger partial charge is 0.489 e. The molecule has 11 heteroatoms. The van der Waals surface area contributed by atoms with Crippen molar-refractivity contribution in [2.75, 3.05) is 25.6 Å². The molecular formula is C30H24Cl2F2N3O4. The summed E-state index contributed by atoms with van der Waals surface area (Å²) in [5.74, 6) is -2.83. The molecule has 4 rings (SSSR count).